The van der Waals surface area contributed by atoms with Gasteiger partial charge in [0, 0.05) is 12.1 Å². The molecule has 1 amide bonds. The number of fused-ring (bicyclic) bond motifs is 1. The molecule has 1 unspecified atom stereocenters. The molecule has 0 saturated carbocycles. The topological polar surface area (TPSA) is 134 Å². The largest absolute Gasteiger partial charge is 0.451 e. The highest BCUT2D eigenvalue weighted by Gasteiger charge is 2.21. The zero-order valence-corrected chi connectivity index (χ0v) is 13.8. The summed E-state index contributed by atoms with van der Waals surface area (Å²) < 4.78 is 10.9. The van der Waals surface area contributed by atoms with Gasteiger partial charge in [-0.25, -0.2) is 4.79 Å². The Morgan fingerprint density at radius 2 is 2.04 bits per heavy atom. The lowest BCUT2D eigenvalue weighted by Gasteiger charge is -2.15. The van der Waals surface area contributed by atoms with Gasteiger partial charge in [-0.3, -0.25) is 24.3 Å². The quantitative estimate of drug-likeness (QED) is 0.465. The maximum Gasteiger partial charge on any atom is 0.420 e. The van der Waals surface area contributed by atoms with Crippen molar-refractivity contribution in [1.82, 2.24) is 9.88 Å². The number of rotatable bonds is 6. The van der Waals surface area contributed by atoms with Gasteiger partial charge in [0.15, 0.2) is 11.7 Å². The van der Waals surface area contributed by atoms with Crippen LogP contribution in [0.3, 0.4) is 0 Å². The first-order chi connectivity index (χ1) is 11.7. The molecule has 1 aromatic heterocycles. The van der Waals surface area contributed by atoms with E-state index in [2.05, 4.69) is 5.32 Å². The van der Waals surface area contributed by atoms with Crippen LogP contribution in [0.4, 0.5) is 5.69 Å². The third-order valence-electron chi connectivity index (χ3n) is 3.26. The Morgan fingerprint density at radius 1 is 1.36 bits per heavy atom. The van der Waals surface area contributed by atoms with E-state index < -0.39 is 35.2 Å². The van der Waals surface area contributed by atoms with E-state index >= 15 is 0 Å². The highest BCUT2D eigenvalue weighted by atomic mass is 16.6. The van der Waals surface area contributed by atoms with Crippen molar-refractivity contribution < 1.29 is 23.7 Å². The van der Waals surface area contributed by atoms with Crippen LogP contribution in [0.15, 0.2) is 27.4 Å². The third kappa shape index (κ3) is 4.22. The van der Waals surface area contributed by atoms with Crippen LogP contribution in [0, 0.1) is 10.1 Å². The number of oxazole rings is 1. The Balaban J connectivity index is 2.16. The number of esters is 1. The third-order valence-corrected chi connectivity index (χ3v) is 3.26. The van der Waals surface area contributed by atoms with Crippen molar-refractivity contribution in [3.8, 4) is 0 Å². The van der Waals surface area contributed by atoms with E-state index in [1.54, 1.807) is 13.8 Å². The number of nitro benzene ring substituents is 1. The summed E-state index contributed by atoms with van der Waals surface area (Å²) in [5.41, 5.74) is -0.0422. The second kappa shape index (κ2) is 7.16. The summed E-state index contributed by atoms with van der Waals surface area (Å²) in [5, 5.41) is 13.3. The van der Waals surface area contributed by atoms with Crippen LogP contribution in [0.5, 0.6) is 0 Å². The van der Waals surface area contributed by atoms with Gasteiger partial charge in [0.1, 0.15) is 6.54 Å². The van der Waals surface area contributed by atoms with Gasteiger partial charge in [0.05, 0.1) is 16.5 Å². The van der Waals surface area contributed by atoms with E-state index in [0.29, 0.717) is 0 Å². The van der Waals surface area contributed by atoms with E-state index in [4.69, 9.17) is 9.15 Å². The summed E-state index contributed by atoms with van der Waals surface area (Å²) in [7, 11) is 0. The molecular weight excluding hydrogens is 334 g/mol. The molecule has 10 nitrogen and oxygen atoms in total. The van der Waals surface area contributed by atoms with Gasteiger partial charge in [-0.15, -0.1) is 0 Å². The number of nitrogens with zero attached hydrogens (tertiary/aromatic N) is 2. The minimum absolute atomic E-state index is 0.0161. The van der Waals surface area contributed by atoms with E-state index in [9.17, 15) is 24.5 Å². The Labute approximate surface area is 141 Å². The van der Waals surface area contributed by atoms with Crippen molar-refractivity contribution in [2.75, 3.05) is 0 Å². The lowest BCUT2D eigenvalue weighted by Crippen LogP contribution is -2.40. The molecule has 0 fully saturated rings. The number of aromatic nitrogens is 1. The van der Waals surface area contributed by atoms with Crippen LogP contribution < -0.4 is 11.1 Å². The van der Waals surface area contributed by atoms with Crippen molar-refractivity contribution in [3.05, 3.63) is 38.9 Å². The molecule has 25 heavy (non-hydrogen) atoms. The van der Waals surface area contributed by atoms with Gasteiger partial charge in [0.25, 0.3) is 11.6 Å². The zero-order valence-electron chi connectivity index (χ0n) is 13.8. The number of non-ortho nitro benzene ring substituents is 1. The molecule has 0 saturated heterocycles. The minimum Gasteiger partial charge on any atom is -0.451 e. The maximum absolute atomic E-state index is 12.0. The number of ether oxygens (including phenoxy) is 1. The van der Waals surface area contributed by atoms with E-state index in [-0.39, 0.29) is 22.8 Å². The van der Waals surface area contributed by atoms with E-state index in [0.717, 1.165) is 10.6 Å². The lowest BCUT2D eigenvalue weighted by molar-refractivity contribution is -0.384. The average molecular weight is 351 g/mol. The van der Waals surface area contributed by atoms with Gasteiger partial charge >= 0.3 is 11.7 Å². The maximum atomic E-state index is 12.0. The monoisotopic (exact) mass is 351 g/mol. The molecule has 2 aromatic rings. The summed E-state index contributed by atoms with van der Waals surface area (Å²) >= 11 is 0. The molecule has 2 rings (SSSR count). The number of benzene rings is 1. The normalized spacial score (nSPS) is 12.2. The molecule has 0 aliphatic carbocycles. The molecule has 0 radical (unpaired) electrons. The first-order valence-corrected chi connectivity index (χ1v) is 7.46. The highest BCUT2D eigenvalue weighted by molar-refractivity contribution is 5.84. The molecule has 10 heteroatoms. The van der Waals surface area contributed by atoms with Crippen molar-refractivity contribution >= 4 is 28.7 Å². The van der Waals surface area contributed by atoms with Crippen LogP contribution in [0.1, 0.15) is 20.8 Å². The molecule has 0 aliphatic heterocycles. The van der Waals surface area contributed by atoms with Crippen LogP contribution in [0.2, 0.25) is 0 Å². The summed E-state index contributed by atoms with van der Waals surface area (Å²) in [5.74, 6) is -2.12. The fraction of sp³-hybridized carbons (Fsp3) is 0.400. The van der Waals surface area contributed by atoms with Crippen molar-refractivity contribution in [3.63, 3.8) is 0 Å². The fourth-order valence-corrected chi connectivity index (χ4v) is 2.14. The number of carbonyl (C=O) groups excluding carboxylic acids is 2. The molecule has 134 valence electrons. The molecule has 1 heterocycles. The van der Waals surface area contributed by atoms with E-state index in [1.807, 2.05) is 0 Å². The number of nitro groups is 1. The van der Waals surface area contributed by atoms with Crippen LogP contribution >= 0.6 is 0 Å². The summed E-state index contributed by atoms with van der Waals surface area (Å²) in [6, 6.07) is 3.49. The van der Waals surface area contributed by atoms with Gasteiger partial charge in [0.2, 0.25) is 0 Å². The fourth-order valence-electron chi connectivity index (χ4n) is 2.14. The zero-order chi connectivity index (χ0) is 18.7. The SMILES string of the molecule is CC(C)NC(=O)C(C)OC(=O)Cn1c(=O)oc2cc([N+](=O)[O-])ccc21. The Morgan fingerprint density at radius 3 is 2.64 bits per heavy atom. The van der Waals surface area contributed by atoms with Crippen molar-refractivity contribution in [1.29, 1.82) is 0 Å². The lowest BCUT2D eigenvalue weighted by atomic mass is 10.3. The van der Waals surface area contributed by atoms with Gasteiger partial charge in [-0.05, 0) is 26.8 Å². The first kappa shape index (κ1) is 18.2. The molecule has 0 spiro atoms. The molecule has 0 aliphatic rings. The second-order valence-corrected chi connectivity index (χ2v) is 5.66. The number of hydrogen-bond acceptors (Lipinski definition) is 7. The molecule has 1 atom stereocenters. The number of carbonyl (C=O) groups is 2. The Bertz CT molecular complexity index is 881. The summed E-state index contributed by atoms with van der Waals surface area (Å²) in [6.45, 7) is 4.46. The molecule has 1 aromatic carbocycles. The smallest absolute Gasteiger partial charge is 0.420 e. The number of amides is 1. The predicted octanol–water partition coefficient (Wildman–Crippen LogP) is 0.959. The number of nitrogens with one attached hydrogen (secondary N) is 1. The Kier molecular flexibility index (Phi) is 5.20. The van der Waals surface area contributed by atoms with Crippen molar-refractivity contribution in [2.45, 2.75) is 39.5 Å². The molecular formula is C15H17N3O7. The van der Waals surface area contributed by atoms with Crippen LogP contribution in [-0.2, 0) is 20.9 Å². The molecule has 0 bridgehead atoms. The minimum atomic E-state index is -1.02. The van der Waals surface area contributed by atoms with E-state index in [1.165, 1.54) is 19.1 Å². The second-order valence-electron chi connectivity index (χ2n) is 5.66. The molecule has 1 N–H and O–H groups in total. The summed E-state index contributed by atoms with van der Waals surface area (Å²) in [6.07, 6.45) is -1.02. The van der Waals surface area contributed by atoms with Crippen molar-refractivity contribution in [2.24, 2.45) is 0 Å². The van der Waals surface area contributed by atoms with Gasteiger partial charge in [-0.1, -0.05) is 0 Å². The Hall–Kier alpha value is -3.17. The first-order valence-electron chi connectivity index (χ1n) is 7.46. The van der Waals surface area contributed by atoms with Crippen LogP contribution in [0.25, 0.3) is 11.1 Å². The van der Waals surface area contributed by atoms with Gasteiger partial charge in [-0.2, -0.15) is 0 Å². The van der Waals surface area contributed by atoms with Crippen LogP contribution in [-0.4, -0.2) is 33.5 Å². The summed E-state index contributed by atoms with van der Waals surface area (Å²) in [4.78, 5) is 45.7. The highest BCUT2D eigenvalue weighted by Crippen LogP contribution is 2.20. The number of hydrogen-bond donors (Lipinski definition) is 1. The predicted molar refractivity (Wildman–Crippen MR) is 86.0 cm³/mol. The van der Waals surface area contributed by atoms with Gasteiger partial charge < -0.3 is 14.5 Å². The average Bonchev–Trinajstić information content (AvgIpc) is 2.81. The standard InChI is InChI=1S/C15H17N3O7/c1-8(2)16-14(20)9(3)24-13(19)7-17-11-5-4-10(18(22)23)6-12(11)25-15(17)21/h4-6,8-9H,7H2,1-3H3,(H,16,20).